The van der Waals surface area contributed by atoms with Gasteiger partial charge in [-0.15, -0.1) is 0 Å². The standard InChI is InChI=1S/C5H10NO2/c1-5(3-8-2)6-4-7/h5H,3H2,1-2H3,(H,6,7)/t5-/m0/s1. The number of ether oxygens (including phenoxy) is 1. The van der Waals surface area contributed by atoms with E-state index in [9.17, 15) is 4.79 Å². The van der Waals surface area contributed by atoms with Gasteiger partial charge in [0.25, 0.3) is 0 Å². The number of amides is 1. The van der Waals surface area contributed by atoms with E-state index < -0.39 is 0 Å². The summed E-state index contributed by atoms with van der Waals surface area (Å²) in [4.78, 5) is 9.60. The molecule has 47 valence electrons. The molecule has 0 saturated carbocycles. The van der Waals surface area contributed by atoms with Crippen LogP contribution in [0.1, 0.15) is 6.92 Å². The van der Waals surface area contributed by atoms with E-state index in [-0.39, 0.29) is 6.04 Å². The molecule has 0 heterocycles. The van der Waals surface area contributed by atoms with Crippen molar-refractivity contribution in [2.45, 2.75) is 13.0 Å². The summed E-state index contributed by atoms with van der Waals surface area (Å²) in [6.45, 7) is 2.38. The van der Waals surface area contributed by atoms with E-state index >= 15 is 0 Å². The number of hydrogen-bond donors (Lipinski definition) is 1. The molecule has 0 aromatic heterocycles. The molecule has 0 aliphatic carbocycles. The summed E-state index contributed by atoms with van der Waals surface area (Å²) < 4.78 is 4.71. The third kappa shape index (κ3) is 3.61. The predicted molar refractivity (Wildman–Crippen MR) is 30.2 cm³/mol. The van der Waals surface area contributed by atoms with Gasteiger partial charge in [-0.25, -0.2) is 0 Å². The molecule has 1 atom stereocenters. The van der Waals surface area contributed by atoms with Gasteiger partial charge in [-0.05, 0) is 6.92 Å². The van der Waals surface area contributed by atoms with Gasteiger partial charge in [0.1, 0.15) is 0 Å². The van der Waals surface area contributed by atoms with E-state index in [1.54, 1.807) is 13.5 Å². The fraction of sp³-hybridized carbons (Fsp3) is 0.800. The first-order chi connectivity index (χ1) is 3.81. The van der Waals surface area contributed by atoms with Crippen molar-refractivity contribution in [1.82, 2.24) is 5.32 Å². The molecule has 0 aliphatic rings. The second-order valence-electron chi connectivity index (χ2n) is 1.60. The molecule has 0 aromatic carbocycles. The maximum absolute atomic E-state index is 9.60. The topological polar surface area (TPSA) is 38.3 Å². The van der Waals surface area contributed by atoms with Crippen LogP contribution in [-0.4, -0.2) is 26.2 Å². The third-order valence-electron chi connectivity index (χ3n) is 0.722. The zero-order chi connectivity index (χ0) is 6.41. The minimum atomic E-state index is 0.0671. The Labute approximate surface area is 49.0 Å². The summed E-state index contributed by atoms with van der Waals surface area (Å²) in [7, 11) is 1.59. The van der Waals surface area contributed by atoms with Gasteiger partial charge in [-0.3, -0.25) is 4.79 Å². The van der Waals surface area contributed by atoms with Crippen molar-refractivity contribution in [3.05, 3.63) is 0 Å². The highest BCUT2D eigenvalue weighted by Gasteiger charge is 1.95. The van der Waals surface area contributed by atoms with Crippen molar-refractivity contribution in [3.63, 3.8) is 0 Å². The van der Waals surface area contributed by atoms with E-state index in [1.165, 1.54) is 0 Å². The highest BCUT2D eigenvalue weighted by Crippen LogP contribution is 1.77. The molecule has 0 fully saturated rings. The van der Waals surface area contributed by atoms with Crippen LogP contribution in [0.3, 0.4) is 0 Å². The second-order valence-corrected chi connectivity index (χ2v) is 1.60. The van der Waals surface area contributed by atoms with Gasteiger partial charge in [-0.1, -0.05) is 0 Å². The number of carbonyl (C=O) groups excluding carboxylic acids is 1. The molecule has 3 heteroatoms. The zero-order valence-electron chi connectivity index (χ0n) is 5.10. The minimum Gasteiger partial charge on any atom is -0.383 e. The lowest BCUT2D eigenvalue weighted by Crippen LogP contribution is -2.28. The normalized spacial score (nSPS) is 12.8. The molecule has 0 unspecified atom stereocenters. The molecular weight excluding hydrogens is 106 g/mol. The Kier molecular flexibility index (Phi) is 4.26. The minimum absolute atomic E-state index is 0.0671. The van der Waals surface area contributed by atoms with Crippen molar-refractivity contribution in [3.8, 4) is 0 Å². The van der Waals surface area contributed by atoms with Gasteiger partial charge in [0, 0.05) is 13.2 Å². The second kappa shape index (κ2) is 4.59. The molecule has 8 heavy (non-hydrogen) atoms. The van der Waals surface area contributed by atoms with Crippen LogP contribution in [0.5, 0.6) is 0 Å². The molecule has 0 aliphatic heterocycles. The third-order valence-corrected chi connectivity index (χ3v) is 0.722. The van der Waals surface area contributed by atoms with Crippen LogP contribution in [0.25, 0.3) is 0 Å². The van der Waals surface area contributed by atoms with Gasteiger partial charge in [0.05, 0.1) is 6.61 Å². The van der Waals surface area contributed by atoms with Crippen LogP contribution in [0, 0.1) is 0 Å². The number of nitrogens with one attached hydrogen (secondary N) is 1. The lowest BCUT2D eigenvalue weighted by atomic mass is 10.4. The summed E-state index contributed by atoms with van der Waals surface area (Å²) >= 11 is 0. The first-order valence-corrected chi connectivity index (χ1v) is 2.43. The number of methoxy groups -OCH3 is 1. The Morgan fingerprint density at radius 2 is 2.50 bits per heavy atom. The molecule has 0 saturated heterocycles. The molecule has 1 N–H and O–H groups in total. The Balaban J connectivity index is 3.03. The average Bonchev–Trinajstić information content (AvgIpc) is 1.68. The first-order valence-electron chi connectivity index (χ1n) is 2.43. The predicted octanol–water partition coefficient (Wildman–Crippen LogP) is -0.322. The van der Waals surface area contributed by atoms with Crippen LogP contribution in [0.4, 0.5) is 0 Å². The van der Waals surface area contributed by atoms with E-state index in [0.717, 1.165) is 0 Å². The van der Waals surface area contributed by atoms with Crippen LogP contribution in [-0.2, 0) is 9.53 Å². The SMILES string of the molecule is COC[C@H](C)N[C]=O. The van der Waals surface area contributed by atoms with Crippen LogP contribution in [0.15, 0.2) is 0 Å². The van der Waals surface area contributed by atoms with E-state index in [1.807, 2.05) is 6.92 Å². The molecule has 0 aromatic rings. The maximum Gasteiger partial charge on any atom is 0.309 e. The smallest absolute Gasteiger partial charge is 0.309 e. The summed E-state index contributed by atoms with van der Waals surface area (Å²) in [5, 5.41) is 2.42. The molecule has 3 nitrogen and oxygen atoms in total. The first kappa shape index (κ1) is 7.43. The zero-order valence-corrected chi connectivity index (χ0v) is 5.10. The van der Waals surface area contributed by atoms with Gasteiger partial charge in [0.15, 0.2) is 0 Å². The summed E-state index contributed by atoms with van der Waals surface area (Å²) in [6.07, 6.45) is 1.57. The summed E-state index contributed by atoms with van der Waals surface area (Å²) in [5.74, 6) is 0. The van der Waals surface area contributed by atoms with Crippen LogP contribution < -0.4 is 5.32 Å². The molecule has 1 amide bonds. The largest absolute Gasteiger partial charge is 0.383 e. The van der Waals surface area contributed by atoms with Crippen LogP contribution >= 0.6 is 0 Å². The fourth-order valence-electron chi connectivity index (χ4n) is 0.392. The van der Waals surface area contributed by atoms with Crippen molar-refractivity contribution in [1.29, 1.82) is 0 Å². The lowest BCUT2D eigenvalue weighted by molar-refractivity contribution is 0.179. The van der Waals surface area contributed by atoms with Crippen molar-refractivity contribution < 1.29 is 9.53 Å². The van der Waals surface area contributed by atoms with Gasteiger partial charge in [0.2, 0.25) is 0 Å². The quantitative estimate of drug-likeness (QED) is 0.511. The lowest BCUT2D eigenvalue weighted by Gasteiger charge is -2.05. The Bertz CT molecular complexity index is 65.4. The maximum atomic E-state index is 9.60. The highest BCUT2D eigenvalue weighted by atomic mass is 16.5. The van der Waals surface area contributed by atoms with Gasteiger partial charge in [-0.2, -0.15) is 0 Å². The van der Waals surface area contributed by atoms with Crippen molar-refractivity contribution >= 4 is 6.41 Å². The van der Waals surface area contributed by atoms with E-state index in [2.05, 4.69) is 5.32 Å². The highest BCUT2D eigenvalue weighted by molar-refractivity contribution is 5.47. The fourth-order valence-corrected chi connectivity index (χ4v) is 0.392. The molecule has 0 rings (SSSR count). The van der Waals surface area contributed by atoms with Gasteiger partial charge < -0.3 is 10.1 Å². The molecule has 0 bridgehead atoms. The summed E-state index contributed by atoms with van der Waals surface area (Å²) in [5.41, 5.74) is 0. The van der Waals surface area contributed by atoms with Crippen molar-refractivity contribution in [2.75, 3.05) is 13.7 Å². The van der Waals surface area contributed by atoms with Crippen LogP contribution in [0.2, 0.25) is 0 Å². The Hall–Kier alpha value is -0.570. The van der Waals surface area contributed by atoms with E-state index in [0.29, 0.717) is 6.61 Å². The molecule has 1 radical (unpaired) electrons. The average molecular weight is 116 g/mol. The molecule has 0 spiro atoms. The number of hydrogen-bond acceptors (Lipinski definition) is 2. The number of rotatable bonds is 4. The Morgan fingerprint density at radius 1 is 1.88 bits per heavy atom. The van der Waals surface area contributed by atoms with E-state index in [4.69, 9.17) is 4.74 Å². The monoisotopic (exact) mass is 116 g/mol. The van der Waals surface area contributed by atoms with Gasteiger partial charge >= 0.3 is 6.41 Å². The molecular formula is C5H10NO2. The Morgan fingerprint density at radius 3 is 2.88 bits per heavy atom. The summed E-state index contributed by atoms with van der Waals surface area (Å²) in [6, 6.07) is 0.0671. The van der Waals surface area contributed by atoms with Crippen molar-refractivity contribution in [2.24, 2.45) is 0 Å².